The molecule has 19 heavy (non-hydrogen) atoms. The summed E-state index contributed by atoms with van der Waals surface area (Å²) >= 11 is 3.40. The number of nitrogens with two attached hydrogens (primary N) is 1. The van der Waals surface area contributed by atoms with Gasteiger partial charge in [-0.25, -0.2) is 4.98 Å². The Balaban J connectivity index is 2.26. The molecular formula is C15H16N2S2. The van der Waals surface area contributed by atoms with Crippen molar-refractivity contribution in [3.8, 4) is 10.6 Å². The van der Waals surface area contributed by atoms with Crippen molar-refractivity contribution < 1.29 is 0 Å². The van der Waals surface area contributed by atoms with Crippen LogP contribution in [0.2, 0.25) is 0 Å². The molecule has 0 aliphatic heterocycles. The second-order valence-corrected chi connectivity index (χ2v) is 7.24. The third-order valence-electron chi connectivity index (χ3n) is 3.24. The van der Waals surface area contributed by atoms with E-state index in [1.54, 1.807) is 22.7 Å². The monoisotopic (exact) mass is 288 g/mol. The summed E-state index contributed by atoms with van der Waals surface area (Å²) in [5.74, 6) is 0.468. The van der Waals surface area contributed by atoms with Gasteiger partial charge in [-0.3, -0.25) is 0 Å². The van der Waals surface area contributed by atoms with Crippen LogP contribution in [0.1, 0.15) is 30.2 Å². The first-order valence-electron chi connectivity index (χ1n) is 6.32. The minimum atomic E-state index is 0.468. The van der Waals surface area contributed by atoms with Gasteiger partial charge in [0.05, 0.1) is 15.2 Å². The molecule has 0 amide bonds. The summed E-state index contributed by atoms with van der Waals surface area (Å²) in [5.41, 5.74) is 9.78. The number of para-hydroxylation sites is 1. The Labute approximate surface area is 120 Å². The third-order valence-corrected chi connectivity index (χ3v) is 5.25. The van der Waals surface area contributed by atoms with Gasteiger partial charge in [-0.05, 0) is 30.5 Å². The van der Waals surface area contributed by atoms with E-state index in [-0.39, 0.29) is 0 Å². The molecule has 0 atom stereocenters. The van der Waals surface area contributed by atoms with E-state index in [1.807, 2.05) is 6.07 Å². The van der Waals surface area contributed by atoms with Gasteiger partial charge in [-0.15, -0.1) is 22.7 Å². The van der Waals surface area contributed by atoms with Crippen LogP contribution in [0, 0.1) is 6.92 Å². The number of thiophene rings is 1. The lowest BCUT2D eigenvalue weighted by Crippen LogP contribution is -1.92. The first-order chi connectivity index (χ1) is 9.08. The van der Waals surface area contributed by atoms with Crippen molar-refractivity contribution in [3.05, 3.63) is 34.7 Å². The van der Waals surface area contributed by atoms with E-state index in [0.29, 0.717) is 5.92 Å². The molecule has 0 aliphatic rings. The number of rotatable bonds is 2. The van der Waals surface area contributed by atoms with E-state index < -0.39 is 0 Å². The molecule has 2 heterocycles. The summed E-state index contributed by atoms with van der Waals surface area (Å²) < 4.78 is 1.22. The summed E-state index contributed by atoms with van der Waals surface area (Å²) in [6.07, 6.45) is 0. The second-order valence-electron chi connectivity index (χ2n) is 4.95. The quantitative estimate of drug-likeness (QED) is 0.717. The highest BCUT2D eigenvalue weighted by molar-refractivity contribution is 7.22. The number of anilines is 1. The zero-order valence-corrected chi connectivity index (χ0v) is 12.9. The van der Waals surface area contributed by atoms with Crippen molar-refractivity contribution in [2.45, 2.75) is 26.7 Å². The number of aromatic nitrogens is 1. The van der Waals surface area contributed by atoms with E-state index in [0.717, 1.165) is 21.1 Å². The minimum Gasteiger partial charge on any atom is -0.390 e. The normalized spacial score (nSPS) is 11.6. The highest BCUT2D eigenvalue weighted by Crippen LogP contribution is 2.44. The van der Waals surface area contributed by atoms with Gasteiger partial charge in [-0.2, -0.15) is 0 Å². The number of nitrogens with zero attached hydrogens (tertiary/aromatic N) is 1. The summed E-state index contributed by atoms with van der Waals surface area (Å²) in [6.45, 7) is 6.57. The topological polar surface area (TPSA) is 38.9 Å². The Bertz CT molecular complexity index is 705. The maximum atomic E-state index is 6.22. The van der Waals surface area contributed by atoms with Gasteiger partial charge in [0.15, 0.2) is 0 Å². The molecule has 0 spiro atoms. The van der Waals surface area contributed by atoms with Crippen molar-refractivity contribution >= 4 is 37.9 Å². The van der Waals surface area contributed by atoms with Crippen LogP contribution in [0.4, 0.5) is 5.00 Å². The van der Waals surface area contributed by atoms with Crippen LogP contribution in [0.3, 0.4) is 0 Å². The van der Waals surface area contributed by atoms with Crippen LogP contribution in [-0.4, -0.2) is 4.98 Å². The van der Waals surface area contributed by atoms with Crippen LogP contribution in [0.25, 0.3) is 20.8 Å². The molecule has 2 nitrogen and oxygen atoms in total. The highest BCUT2D eigenvalue weighted by atomic mass is 32.1. The van der Waals surface area contributed by atoms with Crippen LogP contribution in [0.5, 0.6) is 0 Å². The lowest BCUT2D eigenvalue weighted by Gasteiger charge is -2.07. The van der Waals surface area contributed by atoms with Gasteiger partial charge in [0.25, 0.3) is 0 Å². The SMILES string of the molecule is Cc1sc(N)c(-c2nc3ccccc3s2)c1C(C)C. The molecule has 4 heteroatoms. The smallest absolute Gasteiger partial charge is 0.127 e. The molecule has 98 valence electrons. The lowest BCUT2D eigenvalue weighted by atomic mass is 9.99. The van der Waals surface area contributed by atoms with Crippen LogP contribution in [-0.2, 0) is 0 Å². The number of hydrogen-bond donors (Lipinski definition) is 1. The maximum absolute atomic E-state index is 6.22. The van der Waals surface area contributed by atoms with Gasteiger partial charge < -0.3 is 5.73 Å². The van der Waals surface area contributed by atoms with Gasteiger partial charge in [0.1, 0.15) is 5.01 Å². The molecule has 3 rings (SSSR count). The summed E-state index contributed by atoms with van der Waals surface area (Å²) in [7, 11) is 0. The molecule has 0 bridgehead atoms. The maximum Gasteiger partial charge on any atom is 0.127 e. The van der Waals surface area contributed by atoms with Crippen molar-refractivity contribution in [1.29, 1.82) is 0 Å². The molecular weight excluding hydrogens is 272 g/mol. The van der Waals surface area contributed by atoms with E-state index in [9.17, 15) is 0 Å². The molecule has 3 aromatic rings. The first-order valence-corrected chi connectivity index (χ1v) is 7.96. The molecule has 0 fully saturated rings. The molecule has 0 aliphatic carbocycles. The van der Waals surface area contributed by atoms with Gasteiger partial charge >= 0.3 is 0 Å². The molecule has 1 aromatic carbocycles. The van der Waals surface area contributed by atoms with Crippen LogP contribution in [0.15, 0.2) is 24.3 Å². The zero-order chi connectivity index (χ0) is 13.6. The summed E-state index contributed by atoms with van der Waals surface area (Å²) in [4.78, 5) is 6.05. The van der Waals surface area contributed by atoms with Gasteiger partial charge in [0.2, 0.25) is 0 Å². The fourth-order valence-electron chi connectivity index (χ4n) is 2.47. The minimum absolute atomic E-state index is 0.468. The largest absolute Gasteiger partial charge is 0.390 e. The number of thiazole rings is 1. The zero-order valence-electron chi connectivity index (χ0n) is 11.2. The average Bonchev–Trinajstić information content (AvgIpc) is 2.88. The highest BCUT2D eigenvalue weighted by Gasteiger charge is 2.20. The predicted octanol–water partition coefficient (Wildman–Crippen LogP) is 5.04. The van der Waals surface area contributed by atoms with Crippen LogP contribution >= 0.6 is 22.7 Å². The average molecular weight is 288 g/mol. The molecule has 2 aromatic heterocycles. The van der Waals surface area contributed by atoms with Crippen LogP contribution < -0.4 is 5.73 Å². The van der Waals surface area contributed by atoms with E-state index in [1.165, 1.54) is 15.1 Å². The Morgan fingerprint density at radius 2 is 1.89 bits per heavy atom. The fourth-order valence-corrected chi connectivity index (χ4v) is 4.66. The van der Waals surface area contributed by atoms with E-state index >= 15 is 0 Å². The number of aryl methyl sites for hydroxylation is 1. The van der Waals surface area contributed by atoms with Crippen molar-refractivity contribution in [2.24, 2.45) is 0 Å². The molecule has 2 N–H and O–H groups in total. The number of fused-ring (bicyclic) bond motifs is 1. The number of nitrogen functional groups attached to an aromatic ring is 1. The first kappa shape index (κ1) is 12.6. The fraction of sp³-hybridized carbons (Fsp3) is 0.267. The Hall–Kier alpha value is -1.39. The Morgan fingerprint density at radius 3 is 2.58 bits per heavy atom. The third kappa shape index (κ3) is 2.05. The lowest BCUT2D eigenvalue weighted by molar-refractivity contribution is 0.866. The Kier molecular flexibility index (Phi) is 3.07. The van der Waals surface area contributed by atoms with Crippen molar-refractivity contribution in [1.82, 2.24) is 4.98 Å². The van der Waals surface area contributed by atoms with Gasteiger partial charge in [0, 0.05) is 10.4 Å². The number of hydrogen-bond acceptors (Lipinski definition) is 4. The molecule has 0 unspecified atom stereocenters. The standard InChI is InChI=1S/C15H16N2S2/c1-8(2)12-9(3)18-14(16)13(12)15-17-10-6-4-5-7-11(10)19-15/h4-8H,16H2,1-3H3. The van der Waals surface area contributed by atoms with Gasteiger partial charge in [-0.1, -0.05) is 26.0 Å². The molecule has 0 saturated carbocycles. The molecule has 0 radical (unpaired) electrons. The number of benzene rings is 1. The molecule has 0 saturated heterocycles. The Morgan fingerprint density at radius 1 is 1.16 bits per heavy atom. The van der Waals surface area contributed by atoms with E-state index in [4.69, 9.17) is 10.7 Å². The second kappa shape index (κ2) is 4.62. The van der Waals surface area contributed by atoms with Crippen molar-refractivity contribution in [2.75, 3.05) is 5.73 Å². The van der Waals surface area contributed by atoms with E-state index in [2.05, 4.69) is 39.0 Å². The summed E-state index contributed by atoms with van der Waals surface area (Å²) in [6, 6.07) is 8.24. The summed E-state index contributed by atoms with van der Waals surface area (Å²) in [5, 5.41) is 1.94. The van der Waals surface area contributed by atoms with Crippen molar-refractivity contribution in [3.63, 3.8) is 0 Å². The predicted molar refractivity (Wildman–Crippen MR) is 86.2 cm³/mol.